The fourth-order valence-electron chi connectivity index (χ4n) is 2.55. The molecule has 0 spiro atoms. The van der Waals surface area contributed by atoms with Gasteiger partial charge in [0.15, 0.2) is 0 Å². The van der Waals surface area contributed by atoms with Crippen molar-refractivity contribution in [1.82, 2.24) is 14.5 Å². The number of para-hydroxylation sites is 2. The third-order valence-electron chi connectivity index (χ3n) is 3.71. The zero-order chi connectivity index (χ0) is 15.5. The Balaban J connectivity index is 1.74. The largest absolute Gasteiger partial charge is 0.350 e. The molecule has 5 heteroatoms. The first-order chi connectivity index (χ1) is 10.7. The number of rotatable bonds is 4. The van der Waals surface area contributed by atoms with Gasteiger partial charge in [-0.3, -0.25) is 13.9 Å². The van der Waals surface area contributed by atoms with Crippen molar-refractivity contribution in [1.29, 1.82) is 0 Å². The quantitative estimate of drug-likeness (QED) is 0.797. The summed E-state index contributed by atoms with van der Waals surface area (Å²) in [6.07, 6.45) is 0. The number of aryl methyl sites for hydroxylation is 1. The van der Waals surface area contributed by atoms with Crippen LogP contribution in [0.2, 0.25) is 0 Å². The van der Waals surface area contributed by atoms with Gasteiger partial charge in [0, 0.05) is 25.7 Å². The van der Waals surface area contributed by atoms with Crippen LogP contribution in [0.15, 0.2) is 59.4 Å². The number of hydrogen-bond acceptors (Lipinski definition) is 2. The smallest absolute Gasteiger partial charge is 0.328 e. The van der Waals surface area contributed by atoms with Crippen LogP contribution in [-0.2, 0) is 13.6 Å². The van der Waals surface area contributed by atoms with E-state index in [-0.39, 0.29) is 11.6 Å². The summed E-state index contributed by atoms with van der Waals surface area (Å²) in [6.45, 7) is 0.848. The van der Waals surface area contributed by atoms with Crippen LogP contribution in [0.1, 0.15) is 10.4 Å². The Morgan fingerprint density at radius 1 is 1.00 bits per heavy atom. The van der Waals surface area contributed by atoms with Gasteiger partial charge in [0.05, 0.1) is 11.0 Å². The molecular formula is C17H17N3O2. The van der Waals surface area contributed by atoms with Crippen molar-refractivity contribution >= 4 is 16.9 Å². The normalized spacial score (nSPS) is 10.8. The Morgan fingerprint density at radius 3 is 2.36 bits per heavy atom. The zero-order valence-corrected chi connectivity index (χ0v) is 12.3. The van der Waals surface area contributed by atoms with Crippen LogP contribution in [0.4, 0.5) is 0 Å². The molecule has 0 fully saturated rings. The van der Waals surface area contributed by atoms with Gasteiger partial charge in [0.25, 0.3) is 5.91 Å². The van der Waals surface area contributed by atoms with Crippen LogP contribution in [0.25, 0.3) is 11.0 Å². The number of carbonyl (C=O) groups excluding carboxylic acids is 1. The van der Waals surface area contributed by atoms with Crippen LogP contribution < -0.4 is 11.0 Å². The monoisotopic (exact) mass is 295 g/mol. The summed E-state index contributed by atoms with van der Waals surface area (Å²) in [7, 11) is 1.75. The second-order valence-electron chi connectivity index (χ2n) is 5.10. The molecule has 1 aromatic heterocycles. The lowest BCUT2D eigenvalue weighted by atomic mass is 10.2. The predicted molar refractivity (Wildman–Crippen MR) is 86.0 cm³/mol. The SMILES string of the molecule is Cn1c(=O)n(CCNC(=O)c2ccccc2)c2ccccc21. The van der Waals surface area contributed by atoms with Gasteiger partial charge in [0.2, 0.25) is 0 Å². The molecule has 1 N–H and O–H groups in total. The average Bonchev–Trinajstić information content (AvgIpc) is 2.81. The van der Waals surface area contributed by atoms with Crippen LogP contribution in [-0.4, -0.2) is 21.6 Å². The molecule has 2 aromatic carbocycles. The van der Waals surface area contributed by atoms with Gasteiger partial charge in [0.1, 0.15) is 0 Å². The summed E-state index contributed by atoms with van der Waals surface area (Å²) in [5.41, 5.74) is 2.31. The lowest BCUT2D eigenvalue weighted by molar-refractivity contribution is 0.0952. The van der Waals surface area contributed by atoms with E-state index >= 15 is 0 Å². The minimum absolute atomic E-state index is 0.0739. The van der Waals surface area contributed by atoms with Gasteiger partial charge >= 0.3 is 5.69 Å². The summed E-state index contributed by atoms with van der Waals surface area (Å²) in [5.74, 6) is -0.131. The lowest BCUT2D eigenvalue weighted by Crippen LogP contribution is -2.31. The first-order valence-electron chi connectivity index (χ1n) is 7.16. The maximum atomic E-state index is 12.2. The lowest BCUT2D eigenvalue weighted by Gasteiger charge is -2.06. The standard InChI is InChI=1S/C17H17N3O2/c1-19-14-9-5-6-10-15(14)20(17(19)22)12-11-18-16(21)13-7-3-2-4-8-13/h2-10H,11-12H2,1H3,(H,18,21). The Morgan fingerprint density at radius 2 is 1.64 bits per heavy atom. The molecular weight excluding hydrogens is 278 g/mol. The first-order valence-corrected chi connectivity index (χ1v) is 7.16. The predicted octanol–water partition coefficient (Wildman–Crippen LogP) is 1.77. The van der Waals surface area contributed by atoms with Gasteiger partial charge < -0.3 is 5.32 Å². The zero-order valence-electron chi connectivity index (χ0n) is 12.3. The van der Waals surface area contributed by atoms with Crippen molar-refractivity contribution in [2.24, 2.45) is 7.05 Å². The van der Waals surface area contributed by atoms with E-state index in [1.807, 2.05) is 42.5 Å². The van der Waals surface area contributed by atoms with Gasteiger partial charge in [-0.1, -0.05) is 30.3 Å². The highest BCUT2D eigenvalue weighted by molar-refractivity contribution is 5.94. The highest BCUT2D eigenvalue weighted by atomic mass is 16.2. The van der Waals surface area contributed by atoms with Crippen LogP contribution in [0.5, 0.6) is 0 Å². The van der Waals surface area contributed by atoms with Crippen LogP contribution >= 0.6 is 0 Å². The molecule has 1 heterocycles. The molecule has 3 rings (SSSR count). The highest BCUT2D eigenvalue weighted by Crippen LogP contribution is 2.10. The minimum Gasteiger partial charge on any atom is -0.350 e. The van der Waals surface area contributed by atoms with Crippen molar-refractivity contribution in [3.8, 4) is 0 Å². The Bertz CT molecular complexity index is 862. The average molecular weight is 295 g/mol. The number of amides is 1. The van der Waals surface area contributed by atoms with E-state index in [0.29, 0.717) is 18.7 Å². The molecule has 3 aromatic rings. The van der Waals surface area contributed by atoms with Gasteiger partial charge in [-0.25, -0.2) is 4.79 Å². The van der Waals surface area contributed by atoms with Crippen LogP contribution in [0.3, 0.4) is 0 Å². The third kappa shape index (κ3) is 2.53. The second kappa shape index (κ2) is 5.89. The summed E-state index contributed by atoms with van der Waals surface area (Å²) >= 11 is 0. The van der Waals surface area contributed by atoms with Crippen LogP contribution in [0, 0.1) is 0 Å². The Hall–Kier alpha value is -2.82. The maximum Gasteiger partial charge on any atom is 0.328 e. The number of benzene rings is 2. The highest BCUT2D eigenvalue weighted by Gasteiger charge is 2.10. The van der Waals surface area contributed by atoms with Crippen molar-refractivity contribution in [2.45, 2.75) is 6.54 Å². The number of nitrogens with one attached hydrogen (secondary N) is 1. The number of imidazole rings is 1. The summed E-state index contributed by atoms with van der Waals surface area (Å²) < 4.78 is 3.30. The number of nitrogens with zero attached hydrogens (tertiary/aromatic N) is 2. The number of hydrogen-bond donors (Lipinski definition) is 1. The molecule has 1 amide bonds. The van der Waals surface area contributed by atoms with E-state index in [1.165, 1.54) is 0 Å². The molecule has 0 atom stereocenters. The van der Waals surface area contributed by atoms with E-state index in [2.05, 4.69) is 5.32 Å². The first kappa shape index (κ1) is 14.1. The molecule has 0 saturated heterocycles. The molecule has 5 nitrogen and oxygen atoms in total. The molecule has 112 valence electrons. The molecule has 0 aliphatic carbocycles. The third-order valence-corrected chi connectivity index (χ3v) is 3.71. The molecule has 0 bridgehead atoms. The van der Waals surface area contributed by atoms with Crippen molar-refractivity contribution < 1.29 is 4.79 Å². The Labute approximate surface area is 127 Å². The molecule has 0 aliphatic heterocycles. The molecule has 0 aliphatic rings. The van der Waals surface area contributed by atoms with E-state index in [1.54, 1.807) is 28.3 Å². The van der Waals surface area contributed by atoms with E-state index in [9.17, 15) is 9.59 Å². The molecule has 0 saturated carbocycles. The molecule has 0 unspecified atom stereocenters. The van der Waals surface area contributed by atoms with Crippen molar-refractivity contribution in [2.75, 3.05) is 6.54 Å². The van der Waals surface area contributed by atoms with Gasteiger partial charge in [-0.2, -0.15) is 0 Å². The van der Waals surface area contributed by atoms with Gasteiger partial charge in [-0.05, 0) is 24.3 Å². The number of fused-ring (bicyclic) bond motifs is 1. The van der Waals surface area contributed by atoms with Gasteiger partial charge in [-0.15, -0.1) is 0 Å². The fraction of sp³-hybridized carbons (Fsp3) is 0.176. The summed E-state index contributed by atoms with van der Waals surface area (Å²) in [6, 6.07) is 16.7. The summed E-state index contributed by atoms with van der Waals surface area (Å²) in [4.78, 5) is 24.2. The number of aromatic nitrogens is 2. The summed E-state index contributed by atoms with van der Waals surface area (Å²) in [5, 5.41) is 2.84. The number of carbonyl (C=O) groups is 1. The fourth-order valence-corrected chi connectivity index (χ4v) is 2.55. The minimum atomic E-state index is -0.131. The van der Waals surface area contributed by atoms with E-state index in [0.717, 1.165) is 11.0 Å². The maximum absolute atomic E-state index is 12.2. The van der Waals surface area contributed by atoms with Crippen molar-refractivity contribution in [3.63, 3.8) is 0 Å². The second-order valence-corrected chi connectivity index (χ2v) is 5.10. The molecule has 22 heavy (non-hydrogen) atoms. The van der Waals surface area contributed by atoms with Crippen molar-refractivity contribution in [3.05, 3.63) is 70.6 Å². The Kier molecular flexibility index (Phi) is 3.78. The molecule has 0 radical (unpaired) electrons. The van der Waals surface area contributed by atoms with E-state index in [4.69, 9.17) is 0 Å². The van der Waals surface area contributed by atoms with E-state index < -0.39 is 0 Å². The topological polar surface area (TPSA) is 56.0 Å².